The van der Waals surface area contributed by atoms with E-state index < -0.39 is 6.04 Å². The van der Waals surface area contributed by atoms with Crippen molar-refractivity contribution in [3.05, 3.63) is 72.3 Å². The number of nitrogens with two attached hydrogens (primary N) is 1. The van der Waals surface area contributed by atoms with Crippen molar-refractivity contribution in [3.63, 3.8) is 0 Å². The number of carbonyl (C=O) groups is 1. The van der Waals surface area contributed by atoms with Crippen LogP contribution in [0.2, 0.25) is 0 Å². The molecule has 1 aliphatic rings. The average molecular weight is 515 g/mol. The maximum atomic E-state index is 12.9. The second kappa shape index (κ2) is 11.0. The number of anilines is 1. The second-order valence-electron chi connectivity index (χ2n) is 9.76. The van der Waals surface area contributed by atoms with E-state index in [0.717, 1.165) is 58.0 Å². The topological polar surface area (TPSA) is 137 Å². The van der Waals surface area contributed by atoms with Crippen molar-refractivity contribution < 1.29 is 9.53 Å². The molecule has 38 heavy (non-hydrogen) atoms. The first-order chi connectivity index (χ1) is 18.5. The highest BCUT2D eigenvalue weighted by Gasteiger charge is 2.39. The predicted molar refractivity (Wildman–Crippen MR) is 148 cm³/mol. The van der Waals surface area contributed by atoms with Gasteiger partial charge in [-0.05, 0) is 61.7 Å². The lowest BCUT2D eigenvalue weighted by molar-refractivity contribution is -0.151. The predicted octanol–water partition coefficient (Wildman–Crippen LogP) is 5.68. The van der Waals surface area contributed by atoms with Crippen LogP contribution in [0.15, 0.2) is 71.6 Å². The van der Waals surface area contributed by atoms with Crippen molar-refractivity contribution in [3.8, 4) is 0 Å². The normalized spacial score (nSPS) is 18.6. The molecule has 0 bridgehead atoms. The molecule has 3 unspecified atom stereocenters. The van der Waals surface area contributed by atoms with Crippen molar-refractivity contribution >= 4 is 33.6 Å². The summed E-state index contributed by atoms with van der Waals surface area (Å²) in [6.45, 7) is 8.70. The van der Waals surface area contributed by atoms with Gasteiger partial charge in [-0.3, -0.25) is 4.79 Å². The van der Waals surface area contributed by atoms with Gasteiger partial charge in [0.15, 0.2) is 0 Å². The minimum Gasteiger partial charge on any atom is -0.466 e. The third-order valence-electron chi connectivity index (χ3n) is 7.32. The van der Waals surface area contributed by atoms with Gasteiger partial charge in [0.05, 0.1) is 47.7 Å². The highest BCUT2D eigenvalue weighted by Crippen LogP contribution is 2.38. The van der Waals surface area contributed by atoms with Crippen molar-refractivity contribution in [2.75, 3.05) is 11.9 Å². The van der Waals surface area contributed by atoms with Crippen molar-refractivity contribution in [2.45, 2.75) is 51.6 Å². The number of rotatable bonds is 9. The molecule has 10 heteroatoms. The number of aromatic amines is 2. The smallest absolute Gasteiger partial charge is 0.311 e. The van der Waals surface area contributed by atoms with E-state index in [9.17, 15) is 4.79 Å². The Hall–Kier alpha value is -4.34. The van der Waals surface area contributed by atoms with E-state index in [-0.39, 0.29) is 17.9 Å². The van der Waals surface area contributed by atoms with Crippen LogP contribution < -0.4 is 11.2 Å². The van der Waals surface area contributed by atoms with Crippen LogP contribution in [0.3, 0.4) is 0 Å². The molecule has 10 nitrogen and oxygen atoms in total. The summed E-state index contributed by atoms with van der Waals surface area (Å²) in [6.07, 6.45) is 7.04. The Kier molecular flexibility index (Phi) is 7.30. The molecule has 0 spiro atoms. The summed E-state index contributed by atoms with van der Waals surface area (Å²) in [5.41, 5.74) is 6.48. The SMILES string of the molecule is C=C(C(Nc1ccc2[nH]cnc2c1)c1c[nH]c2cc(C)ccc12)N(/N=N\N)C1CCCCC1C(=O)OCC. The molecular weight excluding hydrogens is 480 g/mol. The molecule has 1 aliphatic carbocycles. The summed E-state index contributed by atoms with van der Waals surface area (Å²) in [6, 6.07) is 11.6. The number of hydrogen-bond acceptors (Lipinski definition) is 6. The van der Waals surface area contributed by atoms with E-state index in [2.05, 4.69) is 62.4 Å². The molecule has 198 valence electrons. The number of benzene rings is 2. The first kappa shape index (κ1) is 25.3. The van der Waals surface area contributed by atoms with Gasteiger partial charge in [0.2, 0.25) is 0 Å². The summed E-state index contributed by atoms with van der Waals surface area (Å²) < 4.78 is 5.42. The van der Waals surface area contributed by atoms with Gasteiger partial charge in [0.25, 0.3) is 0 Å². The Balaban J connectivity index is 1.56. The number of nitrogens with zero attached hydrogens (tertiary/aromatic N) is 4. The van der Waals surface area contributed by atoms with Crippen molar-refractivity contribution in [1.29, 1.82) is 0 Å². The van der Waals surface area contributed by atoms with Crippen LogP contribution in [0.4, 0.5) is 5.69 Å². The zero-order valence-corrected chi connectivity index (χ0v) is 21.8. The first-order valence-corrected chi connectivity index (χ1v) is 13.0. The largest absolute Gasteiger partial charge is 0.466 e. The lowest BCUT2D eigenvalue weighted by Crippen LogP contribution is -2.44. The van der Waals surface area contributed by atoms with Crippen LogP contribution in [-0.4, -0.2) is 38.6 Å². The van der Waals surface area contributed by atoms with Crippen molar-refractivity contribution in [1.82, 2.24) is 20.0 Å². The van der Waals surface area contributed by atoms with E-state index in [1.807, 2.05) is 31.3 Å². The van der Waals surface area contributed by atoms with Gasteiger partial charge in [-0.1, -0.05) is 36.8 Å². The van der Waals surface area contributed by atoms with Crippen LogP contribution >= 0.6 is 0 Å². The Morgan fingerprint density at radius 2 is 2.08 bits per heavy atom. The number of nitrogens with one attached hydrogen (secondary N) is 3. The van der Waals surface area contributed by atoms with Crippen molar-refractivity contribution in [2.24, 2.45) is 22.2 Å². The number of fused-ring (bicyclic) bond motifs is 2. The van der Waals surface area contributed by atoms with Crippen LogP contribution in [0.5, 0.6) is 0 Å². The van der Waals surface area contributed by atoms with Gasteiger partial charge in [-0.25, -0.2) is 9.99 Å². The molecule has 0 radical (unpaired) electrons. The lowest BCUT2D eigenvalue weighted by Gasteiger charge is -2.39. The molecule has 2 aromatic heterocycles. The molecule has 5 N–H and O–H groups in total. The lowest BCUT2D eigenvalue weighted by atomic mass is 9.83. The van der Waals surface area contributed by atoms with Crippen LogP contribution in [0.25, 0.3) is 21.9 Å². The molecule has 4 aromatic rings. The second-order valence-corrected chi connectivity index (χ2v) is 9.76. The number of aryl methyl sites for hydroxylation is 1. The van der Waals surface area contributed by atoms with E-state index in [0.29, 0.717) is 18.7 Å². The van der Waals surface area contributed by atoms with E-state index in [4.69, 9.17) is 10.6 Å². The molecule has 3 atom stereocenters. The summed E-state index contributed by atoms with van der Waals surface area (Å²) in [7, 11) is 0. The van der Waals surface area contributed by atoms with E-state index >= 15 is 0 Å². The van der Waals surface area contributed by atoms with E-state index in [1.54, 1.807) is 11.3 Å². The fourth-order valence-corrected chi connectivity index (χ4v) is 5.48. The Bertz CT molecular complexity index is 1470. The molecule has 0 aliphatic heterocycles. The van der Waals surface area contributed by atoms with Gasteiger partial charge >= 0.3 is 5.97 Å². The molecule has 1 saturated carbocycles. The quantitative estimate of drug-likeness (QED) is 0.0981. The first-order valence-electron chi connectivity index (χ1n) is 13.0. The number of hydrogen-bond donors (Lipinski definition) is 4. The van der Waals surface area contributed by atoms with Crippen LogP contribution in [-0.2, 0) is 9.53 Å². The Labute approximate surface area is 221 Å². The van der Waals surface area contributed by atoms with Crippen LogP contribution in [0, 0.1) is 12.8 Å². The summed E-state index contributed by atoms with van der Waals surface area (Å²) >= 11 is 0. The third-order valence-corrected chi connectivity index (χ3v) is 7.32. The fourth-order valence-electron chi connectivity index (χ4n) is 5.48. The molecule has 0 amide bonds. The number of H-pyrrole nitrogens is 2. The molecular formula is C28H34N8O2. The highest BCUT2D eigenvalue weighted by molar-refractivity contribution is 5.85. The van der Waals surface area contributed by atoms with Crippen LogP contribution in [0.1, 0.15) is 49.8 Å². The van der Waals surface area contributed by atoms with Gasteiger partial charge in [0, 0.05) is 28.4 Å². The minimum atomic E-state index is -0.405. The molecule has 0 saturated heterocycles. The molecule has 5 rings (SSSR count). The highest BCUT2D eigenvalue weighted by atomic mass is 16.5. The van der Waals surface area contributed by atoms with Gasteiger partial charge in [-0.15, -0.1) is 0 Å². The number of esters is 1. The standard InChI is InChI=1S/C28H34N8O2/c1-4-38-28(37)21-7-5-6-8-26(21)36(35-34-29)18(3)27(22-15-30-24-13-17(2)9-11-20(22)24)33-19-10-12-23-25(14-19)32-16-31-23/h9-16,21,26-27,30,33H,3-8H2,1-2H3,(H2,29,35)(H,31,32). The number of imidazole rings is 1. The Morgan fingerprint density at radius 3 is 2.89 bits per heavy atom. The zero-order chi connectivity index (χ0) is 26.6. The molecule has 2 heterocycles. The fraction of sp³-hybridized carbons (Fsp3) is 0.357. The summed E-state index contributed by atoms with van der Waals surface area (Å²) in [5.74, 6) is 5.03. The monoisotopic (exact) mass is 514 g/mol. The maximum absolute atomic E-state index is 12.9. The van der Waals surface area contributed by atoms with Gasteiger partial charge < -0.3 is 25.9 Å². The average Bonchev–Trinajstić information content (AvgIpc) is 3.56. The summed E-state index contributed by atoms with van der Waals surface area (Å²) in [5, 5.41) is 14.4. The number of carbonyl (C=O) groups excluding carboxylic acids is 1. The zero-order valence-electron chi connectivity index (χ0n) is 21.8. The third kappa shape index (κ3) is 4.93. The Morgan fingerprint density at radius 1 is 1.24 bits per heavy atom. The molecule has 2 aromatic carbocycles. The molecule has 1 fully saturated rings. The minimum absolute atomic E-state index is 0.224. The summed E-state index contributed by atoms with van der Waals surface area (Å²) in [4.78, 5) is 23.9. The number of aromatic nitrogens is 3. The van der Waals surface area contributed by atoms with E-state index in [1.165, 1.54) is 0 Å². The van der Waals surface area contributed by atoms with Gasteiger partial charge in [-0.2, -0.15) is 0 Å². The number of ether oxygens (including phenoxy) is 1. The maximum Gasteiger partial charge on any atom is 0.311 e. The van der Waals surface area contributed by atoms with Gasteiger partial charge in [0.1, 0.15) is 0 Å².